The minimum atomic E-state index is -0.707. The summed E-state index contributed by atoms with van der Waals surface area (Å²) in [6.45, 7) is 3.70. The van der Waals surface area contributed by atoms with Crippen LogP contribution in [-0.2, 0) is 11.3 Å². The monoisotopic (exact) mass is 521 g/mol. The van der Waals surface area contributed by atoms with E-state index in [0.29, 0.717) is 45.1 Å². The van der Waals surface area contributed by atoms with Gasteiger partial charge in [-0.2, -0.15) is 4.98 Å². The van der Waals surface area contributed by atoms with Gasteiger partial charge in [0.05, 0.1) is 24.9 Å². The highest BCUT2D eigenvalue weighted by molar-refractivity contribution is 6.34. The number of anilines is 4. The van der Waals surface area contributed by atoms with Gasteiger partial charge in [-0.15, -0.1) is 0 Å². The third kappa shape index (κ3) is 5.41. The van der Waals surface area contributed by atoms with Gasteiger partial charge in [-0.1, -0.05) is 30.3 Å². The minimum absolute atomic E-state index is 0.101. The summed E-state index contributed by atoms with van der Waals surface area (Å²) in [6.07, 6.45) is 4.34. The fraction of sp³-hybridized carbons (Fsp3) is 0.120. The Bertz CT molecular complexity index is 1480. The fourth-order valence-electron chi connectivity index (χ4n) is 3.61. The lowest BCUT2D eigenvalue weighted by Crippen LogP contribution is -2.18. The van der Waals surface area contributed by atoms with Gasteiger partial charge in [0.15, 0.2) is 11.5 Å². The Morgan fingerprint density at radius 1 is 1.19 bits per heavy atom. The van der Waals surface area contributed by atoms with Crippen LogP contribution < -0.4 is 31.2 Å². The molecule has 11 nitrogen and oxygen atoms in total. The van der Waals surface area contributed by atoms with E-state index >= 15 is 0 Å². The van der Waals surface area contributed by atoms with Crippen molar-refractivity contribution in [3.05, 3.63) is 77.6 Å². The molecule has 0 spiro atoms. The van der Waals surface area contributed by atoms with Gasteiger partial charge in [0.25, 0.3) is 5.91 Å². The molecular formula is C25H24ClN7O4. The second-order valence-electron chi connectivity index (χ2n) is 7.70. The van der Waals surface area contributed by atoms with E-state index in [-0.39, 0.29) is 23.8 Å². The van der Waals surface area contributed by atoms with Crippen LogP contribution in [0.2, 0.25) is 5.02 Å². The van der Waals surface area contributed by atoms with Crippen LogP contribution in [0.3, 0.4) is 0 Å². The molecule has 0 bridgehead atoms. The first-order chi connectivity index (χ1) is 17.8. The van der Waals surface area contributed by atoms with Gasteiger partial charge in [0, 0.05) is 42.8 Å². The first-order valence-corrected chi connectivity index (χ1v) is 11.3. The van der Waals surface area contributed by atoms with Crippen molar-refractivity contribution >= 4 is 52.2 Å². The molecule has 4 aromatic rings. The number of ether oxygens (including phenoxy) is 2. The zero-order valence-corrected chi connectivity index (χ0v) is 20.8. The van der Waals surface area contributed by atoms with Crippen LogP contribution in [0.4, 0.5) is 23.1 Å². The maximum absolute atomic E-state index is 12.4. The standard InChI is InChI=1S/C25H24ClN7O4/c1-4-19(34)31-18-7-5-6-14(21(18)26)13-29-25-32-23(20(22(27)35)24-28-8-9-33(24)25)30-15-10-16(36-2)12-17(11-15)37-3/h4-12,30H,1,13H2,2-3H3,(H2,27,35)(H,29,32)(H,31,34). The van der Waals surface area contributed by atoms with Crippen molar-refractivity contribution in [2.24, 2.45) is 5.73 Å². The first-order valence-electron chi connectivity index (χ1n) is 11.0. The summed E-state index contributed by atoms with van der Waals surface area (Å²) in [5.41, 5.74) is 7.82. The third-order valence-electron chi connectivity index (χ3n) is 5.37. The molecule has 0 atom stereocenters. The van der Waals surface area contributed by atoms with Crippen molar-refractivity contribution in [3.63, 3.8) is 0 Å². The Morgan fingerprint density at radius 3 is 2.57 bits per heavy atom. The summed E-state index contributed by atoms with van der Waals surface area (Å²) in [7, 11) is 3.07. The number of nitrogens with two attached hydrogens (primary N) is 1. The average Bonchev–Trinajstić information content (AvgIpc) is 3.38. The number of carbonyl (C=O) groups is 2. The number of primary amides is 1. The Morgan fingerprint density at radius 2 is 1.92 bits per heavy atom. The molecule has 2 aromatic heterocycles. The lowest BCUT2D eigenvalue weighted by molar-refractivity contribution is -0.111. The molecule has 2 amide bonds. The number of aromatic nitrogens is 3. The number of hydrogen-bond donors (Lipinski definition) is 4. The second kappa shape index (κ2) is 10.9. The zero-order valence-electron chi connectivity index (χ0n) is 20.0. The van der Waals surface area contributed by atoms with Crippen LogP contribution in [0.15, 0.2) is 61.4 Å². The number of amides is 2. The number of nitrogens with one attached hydrogen (secondary N) is 3. The van der Waals surface area contributed by atoms with E-state index in [1.54, 1.807) is 40.9 Å². The predicted octanol–water partition coefficient (Wildman–Crippen LogP) is 3.98. The Hall–Kier alpha value is -4.77. The highest BCUT2D eigenvalue weighted by Crippen LogP contribution is 2.31. The average molecular weight is 522 g/mol. The van der Waals surface area contributed by atoms with E-state index < -0.39 is 5.91 Å². The number of nitrogens with zero attached hydrogens (tertiary/aromatic N) is 3. The number of rotatable bonds is 10. The lowest BCUT2D eigenvalue weighted by Gasteiger charge is -2.16. The van der Waals surface area contributed by atoms with Crippen molar-refractivity contribution in [3.8, 4) is 11.5 Å². The van der Waals surface area contributed by atoms with Crippen LogP contribution in [0.1, 0.15) is 15.9 Å². The van der Waals surface area contributed by atoms with E-state index in [0.717, 1.165) is 6.08 Å². The van der Waals surface area contributed by atoms with Crippen LogP contribution in [0.25, 0.3) is 5.65 Å². The van der Waals surface area contributed by atoms with E-state index in [4.69, 9.17) is 26.8 Å². The Labute approximate surface area is 217 Å². The largest absolute Gasteiger partial charge is 0.497 e. The molecule has 4 rings (SSSR count). The molecular weight excluding hydrogens is 498 g/mol. The number of benzene rings is 2. The lowest BCUT2D eigenvalue weighted by atomic mass is 10.2. The number of carbonyl (C=O) groups excluding carboxylic acids is 2. The van der Waals surface area contributed by atoms with Gasteiger partial charge in [-0.05, 0) is 17.7 Å². The molecule has 0 unspecified atom stereocenters. The molecule has 5 N–H and O–H groups in total. The van der Waals surface area contributed by atoms with Gasteiger partial charge in [-0.3, -0.25) is 14.0 Å². The summed E-state index contributed by atoms with van der Waals surface area (Å²) in [5.74, 6) is 0.553. The van der Waals surface area contributed by atoms with Crippen molar-refractivity contribution in [2.45, 2.75) is 6.54 Å². The van der Waals surface area contributed by atoms with Crippen molar-refractivity contribution in [1.82, 2.24) is 14.4 Å². The maximum Gasteiger partial charge on any atom is 0.256 e. The van der Waals surface area contributed by atoms with Crippen molar-refractivity contribution in [2.75, 3.05) is 30.2 Å². The van der Waals surface area contributed by atoms with Gasteiger partial charge in [0.1, 0.15) is 17.1 Å². The molecule has 0 aliphatic carbocycles. The highest BCUT2D eigenvalue weighted by Gasteiger charge is 2.20. The van der Waals surface area contributed by atoms with E-state index in [1.807, 2.05) is 6.07 Å². The summed E-state index contributed by atoms with van der Waals surface area (Å²) >= 11 is 6.51. The summed E-state index contributed by atoms with van der Waals surface area (Å²) < 4.78 is 12.3. The van der Waals surface area contributed by atoms with Gasteiger partial charge in [0.2, 0.25) is 11.9 Å². The molecule has 190 valence electrons. The Balaban J connectivity index is 1.72. The second-order valence-corrected chi connectivity index (χ2v) is 8.07. The summed E-state index contributed by atoms with van der Waals surface area (Å²) in [4.78, 5) is 33.1. The molecule has 12 heteroatoms. The zero-order chi connectivity index (χ0) is 26.5. The molecule has 0 aliphatic rings. The quantitative estimate of drug-likeness (QED) is 0.229. The fourth-order valence-corrected chi connectivity index (χ4v) is 3.85. The number of fused-ring (bicyclic) bond motifs is 1. The SMILES string of the molecule is C=CC(=O)Nc1cccc(CNc2nc(Nc3cc(OC)cc(OC)c3)c(C(N)=O)c3nccn23)c1Cl. The van der Waals surface area contributed by atoms with Crippen molar-refractivity contribution < 1.29 is 19.1 Å². The topological polar surface area (TPSA) is 145 Å². The summed E-state index contributed by atoms with van der Waals surface area (Å²) in [5, 5.41) is 9.37. The highest BCUT2D eigenvalue weighted by atomic mass is 35.5. The van der Waals surface area contributed by atoms with E-state index in [2.05, 4.69) is 32.5 Å². The molecule has 2 heterocycles. The molecule has 0 fully saturated rings. The maximum atomic E-state index is 12.4. The van der Waals surface area contributed by atoms with Crippen LogP contribution in [-0.4, -0.2) is 40.4 Å². The molecule has 2 aromatic carbocycles. The molecule has 37 heavy (non-hydrogen) atoms. The molecule has 0 radical (unpaired) electrons. The van der Waals surface area contributed by atoms with Gasteiger partial charge in [-0.25, -0.2) is 4.98 Å². The smallest absolute Gasteiger partial charge is 0.256 e. The van der Waals surface area contributed by atoms with Crippen LogP contribution >= 0.6 is 11.6 Å². The third-order valence-corrected chi connectivity index (χ3v) is 5.81. The molecule has 0 aliphatic heterocycles. The number of methoxy groups -OCH3 is 2. The number of halogens is 1. The normalized spacial score (nSPS) is 10.6. The molecule has 0 saturated carbocycles. The van der Waals surface area contributed by atoms with Gasteiger partial charge < -0.3 is 31.2 Å². The Kier molecular flexibility index (Phi) is 7.44. The van der Waals surface area contributed by atoms with Gasteiger partial charge >= 0.3 is 0 Å². The number of imidazole rings is 1. The predicted molar refractivity (Wildman–Crippen MR) is 142 cm³/mol. The van der Waals surface area contributed by atoms with Crippen LogP contribution in [0.5, 0.6) is 11.5 Å². The van der Waals surface area contributed by atoms with Crippen LogP contribution in [0, 0.1) is 0 Å². The molecule has 0 saturated heterocycles. The summed E-state index contributed by atoms with van der Waals surface area (Å²) in [6, 6.07) is 10.4. The number of hydrogen-bond acceptors (Lipinski definition) is 8. The van der Waals surface area contributed by atoms with Crippen molar-refractivity contribution in [1.29, 1.82) is 0 Å². The van der Waals surface area contributed by atoms with E-state index in [9.17, 15) is 9.59 Å². The minimum Gasteiger partial charge on any atom is -0.497 e. The first kappa shape index (κ1) is 25.3. The van der Waals surface area contributed by atoms with E-state index in [1.165, 1.54) is 20.4 Å².